The second kappa shape index (κ2) is 6.89. The van der Waals surface area contributed by atoms with Gasteiger partial charge in [0, 0.05) is 17.7 Å². The summed E-state index contributed by atoms with van der Waals surface area (Å²) in [5.74, 6) is 0.579. The minimum absolute atomic E-state index is 0.0343. The van der Waals surface area contributed by atoms with Gasteiger partial charge in [-0.05, 0) is 36.1 Å². The number of carbonyl (C=O) groups excluding carboxylic acids is 1. The van der Waals surface area contributed by atoms with E-state index in [1.165, 1.54) is 11.3 Å². The van der Waals surface area contributed by atoms with Crippen molar-refractivity contribution in [2.24, 2.45) is 5.41 Å². The zero-order valence-corrected chi connectivity index (χ0v) is 18.8. The molecule has 1 aliphatic carbocycles. The maximum atomic E-state index is 13.3. The van der Waals surface area contributed by atoms with Crippen LogP contribution in [0.4, 0.5) is 5.82 Å². The first-order chi connectivity index (χ1) is 15.8. The highest BCUT2D eigenvalue weighted by atomic mass is 32.1. The molecule has 0 bridgehead atoms. The highest BCUT2D eigenvalue weighted by Crippen LogP contribution is 2.48. The number of hydrogen-bond acceptors (Lipinski definition) is 7. The second-order valence-corrected chi connectivity index (χ2v) is 10.3. The summed E-state index contributed by atoms with van der Waals surface area (Å²) in [4.78, 5) is 47.7. The number of nitrogens with one attached hydrogen (secondary N) is 3. The number of thiazole rings is 1. The Hall–Kier alpha value is -3.72. The summed E-state index contributed by atoms with van der Waals surface area (Å²) < 4.78 is 7.26. The maximum absolute atomic E-state index is 13.3. The Bertz CT molecular complexity index is 1570. The van der Waals surface area contributed by atoms with Crippen molar-refractivity contribution in [3.63, 3.8) is 0 Å². The molecule has 166 valence electrons. The Morgan fingerprint density at radius 2 is 1.88 bits per heavy atom. The SMILES string of the molecule is CC1(C)CC(=O)C2=C(C1)Nc1[nH]c(=O)[nH]c(=O)c1C2c1ccc(-c2nc3ccccc3s2)o1. The lowest BCUT2D eigenvalue weighted by atomic mass is 9.70. The lowest BCUT2D eigenvalue weighted by Gasteiger charge is -2.37. The number of rotatable bonds is 2. The molecule has 4 heterocycles. The van der Waals surface area contributed by atoms with E-state index in [1.807, 2.05) is 44.2 Å². The van der Waals surface area contributed by atoms with Gasteiger partial charge in [-0.1, -0.05) is 26.0 Å². The van der Waals surface area contributed by atoms with Gasteiger partial charge in [0.15, 0.2) is 16.6 Å². The average molecular weight is 461 g/mol. The van der Waals surface area contributed by atoms with Crippen LogP contribution in [-0.4, -0.2) is 20.7 Å². The van der Waals surface area contributed by atoms with Crippen molar-refractivity contribution in [2.75, 3.05) is 5.32 Å². The fourth-order valence-electron chi connectivity index (χ4n) is 4.83. The number of H-pyrrole nitrogens is 2. The monoisotopic (exact) mass is 460 g/mol. The lowest BCUT2D eigenvalue weighted by molar-refractivity contribution is -0.118. The van der Waals surface area contributed by atoms with E-state index >= 15 is 0 Å². The van der Waals surface area contributed by atoms with E-state index in [2.05, 4.69) is 20.3 Å². The second-order valence-electron chi connectivity index (χ2n) is 9.28. The van der Waals surface area contributed by atoms with Crippen LogP contribution >= 0.6 is 11.3 Å². The van der Waals surface area contributed by atoms with Crippen LogP contribution in [0.15, 0.2) is 61.7 Å². The van der Waals surface area contributed by atoms with Crippen molar-refractivity contribution in [3.05, 3.63) is 79.8 Å². The minimum atomic E-state index is -0.719. The number of allylic oxidation sites excluding steroid dienone is 2. The number of ketones is 1. The van der Waals surface area contributed by atoms with E-state index in [-0.39, 0.29) is 16.8 Å². The molecule has 0 fully saturated rings. The molecular weight excluding hydrogens is 440 g/mol. The van der Waals surface area contributed by atoms with Gasteiger partial charge in [-0.2, -0.15) is 0 Å². The molecule has 1 aromatic carbocycles. The first-order valence-corrected chi connectivity index (χ1v) is 11.5. The number of Topliss-reactive ketones (excluding diaryl/α,β-unsaturated/α-hetero) is 1. The molecule has 0 amide bonds. The number of aromatic nitrogens is 3. The third-order valence-electron chi connectivity index (χ3n) is 6.17. The number of carbonyl (C=O) groups is 1. The highest BCUT2D eigenvalue weighted by molar-refractivity contribution is 7.21. The lowest BCUT2D eigenvalue weighted by Crippen LogP contribution is -2.38. The molecule has 33 heavy (non-hydrogen) atoms. The van der Waals surface area contributed by atoms with Gasteiger partial charge in [0.2, 0.25) is 0 Å². The summed E-state index contributed by atoms with van der Waals surface area (Å²) in [5.41, 5.74) is 0.996. The number of aromatic amines is 2. The summed E-state index contributed by atoms with van der Waals surface area (Å²) in [6.07, 6.45) is 0.982. The number of para-hydroxylation sites is 1. The van der Waals surface area contributed by atoms with Crippen LogP contribution < -0.4 is 16.6 Å². The molecule has 1 atom stereocenters. The molecule has 8 nitrogen and oxygen atoms in total. The zero-order chi connectivity index (χ0) is 22.9. The van der Waals surface area contributed by atoms with Crippen LogP contribution in [0.5, 0.6) is 0 Å². The smallest absolute Gasteiger partial charge is 0.327 e. The predicted octanol–water partition coefficient (Wildman–Crippen LogP) is 4.13. The van der Waals surface area contributed by atoms with Crippen molar-refractivity contribution in [1.82, 2.24) is 15.0 Å². The maximum Gasteiger partial charge on any atom is 0.327 e. The summed E-state index contributed by atoms with van der Waals surface area (Å²) in [7, 11) is 0. The molecule has 6 rings (SSSR count). The Morgan fingerprint density at radius 1 is 1.06 bits per heavy atom. The molecule has 4 aromatic rings. The van der Waals surface area contributed by atoms with Gasteiger partial charge in [-0.3, -0.25) is 19.6 Å². The van der Waals surface area contributed by atoms with E-state index in [1.54, 1.807) is 6.07 Å². The van der Waals surface area contributed by atoms with Crippen molar-refractivity contribution in [2.45, 2.75) is 32.6 Å². The number of fused-ring (bicyclic) bond motifs is 2. The molecule has 0 radical (unpaired) electrons. The number of furan rings is 1. The summed E-state index contributed by atoms with van der Waals surface area (Å²) in [6.45, 7) is 4.05. The molecule has 3 aromatic heterocycles. The highest BCUT2D eigenvalue weighted by Gasteiger charge is 2.43. The zero-order valence-electron chi connectivity index (χ0n) is 17.9. The van der Waals surface area contributed by atoms with Gasteiger partial charge < -0.3 is 9.73 Å². The van der Waals surface area contributed by atoms with Crippen LogP contribution in [-0.2, 0) is 4.79 Å². The molecule has 1 aliphatic heterocycles. The van der Waals surface area contributed by atoms with Crippen molar-refractivity contribution >= 4 is 33.2 Å². The molecule has 0 spiro atoms. The number of anilines is 1. The van der Waals surface area contributed by atoms with E-state index in [0.29, 0.717) is 41.5 Å². The van der Waals surface area contributed by atoms with Crippen LogP contribution in [0.25, 0.3) is 21.0 Å². The van der Waals surface area contributed by atoms with Gasteiger partial charge in [0.1, 0.15) is 11.6 Å². The van der Waals surface area contributed by atoms with Gasteiger partial charge in [0.05, 0.1) is 21.7 Å². The Labute approximate surface area is 191 Å². The normalized spacial score (nSPS) is 19.3. The molecule has 0 saturated heterocycles. The van der Waals surface area contributed by atoms with Gasteiger partial charge in [0.25, 0.3) is 5.56 Å². The topological polar surface area (TPSA) is 121 Å². The third-order valence-corrected chi connectivity index (χ3v) is 7.22. The van der Waals surface area contributed by atoms with Crippen LogP contribution in [0.3, 0.4) is 0 Å². The first kappa shape index (κ1) is 19.9. The standard InChI is InChI=1S/C24H20N4O4S/c1-24(2)9-12-17(13(29)10-24)18(19-20(25-12)27-23(31)28-21(19)30)14-7-8-15(32-14)22-26-11-5-3-4-6-16(11)33-22/h3-8,18H,9-10H2,1-2H3,(H3,25,27,28,30,31). The van der Waals surface area contributed by atoms with Crippen molar-refractivity contribution < 1.29 is 9.21 Å². The van der Waals surface area contributed by atoms with E-state index in [0.717, 1.165) is 15.2 Å². The van der Waals surface area contributed by atoms with Crippen molar-refractivity contribution in [1.29, 1.82) is 0 Å². The largest absolute Gasteiger partial charge is 0.458 e. The molecule has 3 N–H and O–H groups in total. The molecular formula is C24H20N4O4S. The van der Waals surface area contributed by atoms with Gasteiger partial charge in [-0.15, -0.1) is 11.3 Å². The summed E-state index contributed by atoms with van der Waals surface area (Å²) in [5, 5.41) is 3.87. The minimum Gasteiger partial charge on any atom is -0.458 e. The molecule has 9 heteroatoms. The number of nitrogens with zero attached hydrogens (tertiary/aromatic N) is 1. The molecule has 2 aliphatic rings. The van der Waals surface area contributed by atoms with E-state index in [9.17, 15) is 14.4 Å². The van der Waals surface area contributed by atoms with Gasteiger partial charge in [-0.25, -0.2) is 9.78 Å². The Kier molecular flexibility index (Phi) is 4.16. The predicted molar refractivity (Wildman–Crippen MR) is 126 cm³/mol. The van der Waals surface area contributed by atoms with Crippen LogP contribution in [0.2, 0.25) is 0 Å². The van der Waals surface area contributed by atoms with Gasteiger partial charge >= 0.3 is 5.69 Å². The summed E-state index contributed by atoms with van der Waals surface area (Å²) in [6, 6.07) is 11.4. The van der Waals surface area contributed by atoms with E-state index in [4.69, 9.17) is 4.42 Å². The number of hydrogen-bond donors (Lipinski definition) is 3. The quantitative estimate of drug-likeness (QED) is 0.414. The molecule has 0 saturated carbocycles. The van der Waals surface area contributed by atoms with Crippen LogP contribution in [0, 0.1) is 5.41 Å². The Morgan fingerprint density at radius 3 is 2.70 bits per heavy atom. The first-order valence-electron chi connectivity index (χ1n) is 10.6. The van der Waals surface area contributed by atoms with E-state index < -0.39 is 17.2 Å². The third kappa shape index (κ3) is 3.19. The van der Waals surface area contributed by atoms with Crippen molar-refractivity contribution in [3.8, 4) is 10.8 Å². The number of benzene rings is 1. The van der Waals surface area contributed by atoms with Crippen LogP contribution in [0.1, 0.15) is 43.9 Å². The fraction of sp³-hybridized carbons (Fsp3) is 0.250. The average Bonchev–Trinajstić information content (AvgIpc) is 3.38. The summed E-state index contributed by atoms with van der Waals surface area (Å²) >= 11 is 1.51. The molecule has 1 unspecified atom stereocenters. The fourth-order valence-corrected chi connectivity index (χ4v) is 5.76. The Balaban J connectivity index is 1.53.